The van der Waals surface area contributed by atoms with Crippen molar-refractivity contribution in [2.75, 3.05) is 65.8 Å². The fourth-order valence-electron chi connectivity index (χ4n) is 13.1. The molecule has 4 aliphatic carbocycles. The third-order valence-electron chi connectivity index (χ3n) is 17.8. The molecule has 480 valence electrons. The normalized spacial score (nSPS) is 20.4. The summed E-state index contributed by atoms with van der Waals surface area (Å²) in [6, 6.07) is 25.3. The highest BCUT2D eigenvalue weighted by Crippen LogP contribution is 2.63. The molecular formula is C67H82Br2F5N3O10S. The Hall–Kier alpha value is -5.45. The molecule has 88 heavy (non-hydrogen) atoms. The molecule has 13 nitrogen and oxygen atoms in total. The molecule has 5 aromatic carbocycles. The number of rotatable bonds is 24. The average molecular weight is 1380 g/mol. The lowest BCUT2D eigenvalue weighted by Crippen LogP contribution is -2.47. The Morgan fingerprint density at radius 3 is 2.02 bits per heavy atom. The third kappa shape index (κ3) is 17.1. The van der Waals surface area contributed by atoms with Crippen LogP contribution in [-0.2, 0) is 24.1 Å². The Balaban J connectivity index is 0.000000203. The maximum Gasteiger partial charge on any atom is 0.453 e. The summed E-state index contributed by atoms with van der Waals surface area (Å²) in [5, 5.41) is 23.9. The van der Waals surface area contributed by atoms with Crippen molar-refractivity contribution < 1.29 is 70.0 Å². The quantitative estimate of drug-likeness (QED) is 0.0194. The van der Waals surface area contributed by atoms with Crippen molar-refractivity contribution in [3.63, 3.8) is 0 Å². The Morgan fingerprint density at radius 2 is 1.41 bits per heavy atom. The number of phenolic OH excluding ortho intramolecular Hbond substituents is 1. The SMILES string of the molecule is COc1cc(C(=O)NCc2ccc(OCCN(C)C)cc2)cc(OC)c1OC.C[C@]12CC[C@@H]3c4ccc(O)cc4C[C@@H](CCCCCCCCC[S+]([O-])CCCC(F)(F)C(F)(F)F)[C@H]3[C@@H]1CC[C@@H]2O.Nc1c(Br)cc(Br)c2c1C(=O)c1ccccc1C2=O. The van der Waals surface area contributed by atoms with Gasteiger partial charge < -0.3 is 49.7 Å². The second-order valence-corrected chi connectivity index (χ2v) is 27.2. The molecule has 0 radical (unpaired) electrons. The second-order valence-electron chi connectivity index (χ2n) is 23.8. The number of alkyl halides is 5. The predicted octanol–water partition coefficient (Wildman–Crippen LogP) is 14.8. The molecule has 0 bridgehead atoms. The molecule has 0 aliphatic heterocycles. The number of nitrogen functional groups attached to an aromatic ring is 1. The highest BCUT2D eigenvalue weighted by Gasteiger charge is 2.57. The molecule has 0 spiro atoms. The van der Waals surface area contributed by atoms with Crippen molar-refractivity contribution in [2.45, 2.75) is 134 Å². The van der Waals surface area contributed by atoms with Crippen LogP contribution in [0.3, 0.4) is 0 Å². The number of anilines is 1. The first-order chi connectivity index (χ1) is 41.8. The number of amides is 1. The largest absolute Gasteiger partial charge is 0.616 e. The van der Waals surface area contributed by atoms with E-state index in [4.69, 9.17) is 24.7 Å². The number of hydrogen-bond acceptors (Lipinski definition) is 12. The maximum atomic E-state index is 13.0. The van der Waals surface area contributed by atoms with Crippen LogP contribution in [0.5, 0.6) is 28.7 Å². The lowest BCUT2D eigenvalue weighted by atomic mass is 9.52. The number of halogens is 7. The van der Waals surface area contributed by atoms with Gasteiger partial charge >= 0.3 is 12.1 Å². The number of phenols is 1. The minimum atomic E-state index is -5.54. The third-order valence-corrected chi connectivity index (χ3v) is 20.6. The number of nitrogens with zero attached hydrogens (tertiary/aromatic N) is 1. The van der Waals surface area contributed by atoms with Crippen LogP contribution in [-0.4, -0.2) is 115 Å². The summed E-state index contributed by atoms with van der Waals surface area (Å²) < 4.78 is 97.2. The number of carbonyl (C=O) groups excluding carboxylic acids is 3. The fraction of sp³-hybridized carbons (Fsp3) is 0.507. The molecule has 0 aromatic heterocycles. The van der Waals surface area contributed by atoms with E-state index in [1.807, 2.05) is 50.5 Å². The van der Waals surface area contributed by atoms with Gasteiger partial charge in [0, 0.05) is 45.1 Å². The van der Waals surface area contributed by atoms with E-state index in [2.05, 4.69) is 55.1 Å². The van der Waals surface area contributed by atoms with Crippen molar-refractivity contribution in [2.24, 2.45) is 23.2 Å². The summed E-state index contributed by atoms with van der Waals surface area (Å²) in [7, 11) is 8.56. The number of unbranched alkanes of at least 4 members (excludes halogenated alkanes) is 6. The van der Waals surface area contributed by atoms with Gasteiger partial charge in [-0.3, -0.25) is 14.4 Å². The molecule has 0 heterocycles. The number of aromatic hydroxyl groups is 1. The molecule has 1 amide bonds. The first-order valence-electron chi connectivity index (χ1n) is 30.0. The highest BCUT2D eigenvalue weighted by molar-refractivity contribution is 9.11. The Kier molecular flexibility index (Phi) is 25.1. The number of hydrogen-bond donors (Lipinski definition) is 4. The molecule has 2 saturated carbocycles. The highest BCUT2D eigenvalue weighted by atomic mass is 79.9. The van der Waals surface area contributed by atoms with Gasteiger partial charge in [0.1, 0.15) is 29.6 Å². The minimum Gasteiger partial charge on any atom is -0.616 e. The number of ether oxygens (including phenoxy) is 4. The minimum absolute atomic E-state index is 0.0195. The van der Waals surface area contributed by atoms with Crippen LogP contribution in [0.1, 0.15) is 162 Å². The van der Waals surface area contributed by atoms with Crippen LogP contribution in [0.15, 0.2) is 93.9 Å². The number of nitrogens with one attached hydrogen (secondary N) is 1. The molecule has 7 atom stereocenters. The number of ketones is 2. The monoisotopic (exact) mass is 1370 g/mol. The topological polar surface area (TPSA) is 193 Å². The Labute approximate surface area is 533 Å². The lowest BCUT2D eigenvalue weighted by molar-refractivity contribution is -0.284. The molecule has 1 unspecified atom stereocenters. The molecule has 5 aromatic rings. The number of aliphatic hydroxyl groups is 1. The van der Waals surface area contributed by atoms with Gasteiger partial charge in [0.2, 0.25) is 5.75 Å². The van der Waals surface area contributed by atoms with E-state index in [9.17, 15) is 51.1 Å². The first-order valence-corrected chi connectivity index (χ1v) is 33.1. The van der Waals surface area contributed by atoms with Crippen LogP contribution >= 0.6 is 31.9 Å². The molecule has 9 rings (SSSR count). The van der Waals surface area contributed by atoms with Gasteiger partial charge in [-0.1, -0.05) is 92.7 Å². The molecule has 4 aliphatic rings. The number of nitrogens with two attached hydrogens (primary N) is 1. The summed E-state index contributed by atoms with van der Waals surface area (Å²) in [6.07, 6.45) is 5.97. The van der Waals surface area contributed by atoms with Gasteiger partial charge in [0.05, 0.1) is 44.2 Å². The molecule has 21 heteroatoms. The van der Waals surface area contributed by atoms with Crippen LogP contribution in [0, 0.1) is 23.2 Å². The number of aliphatic hydroxyl groups excluding tert-OH is 1. The number of likely N-dealkylation sites (N-methyl/N-ethyl adjacent to an activating group) is 1. The van der Waals surface area contributed by atoms with Gasteiger partial charge in [-0.2, -0.15) is 22.0 Å². The maximum absolute atomic E-state index is 13.0. The predicted molar refractivity (Wildman–Crippen MR) is 340 cm³/mol. The summed E-state index contributed by atoms with van der Waals surface area (Å²) in [4.78, 5) is 39.6. The number of benzene rings is 5. The Morgan fingerprint density at radius 1 is 0.795 bits per heavy atom. The zero-order valence-corrected chi connectivity index (χ0v) is 54.8. The smallest absolute Gasteiger partial charge is 0.453 e. The fourth-order valence-corrected chi connectivity index (χ4v) is 15.6. The number of fused-ring (bicyclic) bond motifs is 7. The van der Waals surface area contributed by atoms with Crippen molar-refractivity contribution in [3.8, 4) is 28.7 Å². The van der Waals surface area contributed by atoms with E-state index < -0.39 is 36.1 Å². The van der Waals surface area contributed by atoms with Gasteiger partial charge in [-0.25, -0.2) is 0 Å². The number of carbonyl (C=O) groups is 3. The van der Waals surface area contributed by atoms with E-state index in [0.29, 0.717) is 109 Å². The van der Waals surface area contributed by atoms with E-state index in [1.54, 1.807) is 42.5 Å². The van der Waals surface area contributed by atoms with Gasteiger partial charge in [0.15, 0.2) is 23.1 Å². The standard InChI is InChI=1S/C32H47F5O3S.C21H28N2O5.C14H7Br2NO2/c1-30-17-15-26-25-12-11-24(38)21-23(25)20-22(29(26)27(30)13-14-28(30)39)10-7-5-3-2-4-6-8-18-41(40)19-9-16-31(33,34)32(35,36)37;1-23(2)10-11-28-17-8-6-15(7-9-17)14-22-21(24)16-12-18(25-3)20(27-5)19(13-16)26-4;15-8-5-9(16)12(17)11-10(8)13(18)6-3-1-2-4-7(6)14(11)19/h11-12,21-22,26-29,38-39H,2-10,13-20H2,1H3;6-9,12-13H,10-11,14H2,1-5H3,(H,22,24);1-5H,17H2/t22-,26-,27+,28+,29-,30+,41?;;/m1../s1. The van der Waals surface area contributed by atoms with Crippen LogP contribution < -0.4 is 30.0 Å². The van der Waals surface area contributed by atoms with E-state index in [1.165, 1.54) is 32.5 Å². The van der Waals surface area contributed by atoms with Crippen molar-refractivity contribution in [3.05, 3.63) is 138 Å². The molecule has 2 fully saturated rings. The average Bonchev–Trinajstić information content (AvgIpc) is 3.31. The van der Waals surface area contributed by atoms with Crippen LogP contribution in [0.25, 0.3) is 0 Å². The zero-order chi connectivity index (χ0) is 64.1. The first kappa shape index (κ1) is 70.0. The summed E-state index contributed by atoms with van der Waals surface area (Å²) >= 11 is 5.27. The Bertz CT molecular complexity index is 3170. The van der Waals surface area contributed by atoms with Crippen LogP contribution in [0.2, 0.25) is 0 Å². The molecule has 0 saturated heterocycles. The van der Waals surface area contributed by atoms with Crippen molar-refractivity contribution >= 4 is 66.2 Å². The molecular weight excluding hydrogens is 1290 g/mol. The lowest BCUT2D eigenvalue weighted by Gasteiger charge is -2.53. The van der Waals surface area contributed by atoms with E-state index in [-0.39, 0.29) is 40.3 Å². The summed E-state index contributed by atoms with van der Waals surface area (Å²) in [5.41, 5.74) is 11.8. The summed E-state index contributed by atoms with van der Waals surface area (Å²) in [5.74, 6) is -0.417. The van der Waals surface area contributed by atoms with Crippen molar-refractivity contribution in [1.29, 1.82) is 0 Å². The van der Waals surface area contributed by atoms with E-state index >= 15 is 0 Å². The number of methoxy groups -OCH3 is 3. The van der Waals surface area contributed by atoms with Gasteiger partial charge in [-0.15, -0.1) is 0 Å². The van der Waals surface area contributed by atoms with E-state index in [0.717, 1.165) is 94.9 Å². The van der Waals surface area contributed by atoms with Gasteiger partial charge in [-0.05, 0) is 192 Å². The van der Waals surface area contributed by atoms with Crippen molar-refractivity contribution in [1.82, 2.24) is 10.2 Å². The zero-order valence-electron chi connectivity index (χ0n) is 50.9. The van der Waals surface area contributed by atoms with Crippen LogP contribution in [0.4, 0.5) is 27.6 Å². The molecule has 5 N–H and O–H groups in total. The summed E-state index contributed by atoms with van der Waals surface area (Å²) in [6.45, 7) is 4.18. The van der Waals surface area contributed by atoms with Gasteiger partial charge in [0.25, 0.3) is 5.91 Å². The second kappa shape index (κ2) is 31.5.